The molecule has 6 heteroatoms. The van der Waals surface area contributed by atoms with Crippen molar-refractivity contribution in [3.63, 3.8) is 0 Å². The molecule has 0 aliphatic rings. The van der Waals surface area contributed by atoms with Crippen LogP contribution in [0.4, 0.5) is 13.2 Å². The van der Waals surface area contributed by atoms with Crippen molar-refractivity contribution in [3.05, 3.63) is 27.8 Å². The van der Waals surface area contributed by atoms with Crippen LogP contribution in [0.3, 0.4) is 0 Å². The zero-order chi connectivity index (χ0) is 12.5. The quantitative estimate of drug-likeness (QED) is 0.821. The molecule has 1 rings (SSSR count). The molecule has 1 aromatic rings. The molecule has 2 nitrogen and oxygen atoms in total. The third-order valence-corrected chi connectivity index (χ3v) is 2.58. The Morgan fingerprint density at radius 1 is 1.50 bits per heavy atom. The van der Waals surface area contributed by atoms with Gasteiger partial charge >= 0.3 is 6.18 Å². The molecule has 88 valence electrons. The van der Waals surface area contributed by atoms with Crippen molar-refractivity contribution in [3.8, 4) is 5.75 Å². The van der Waals surface area contributed by atoms with E-state index >= 15 is 0 Å². The molecule has 0 unspecified atom stereocenters. The maximum Gasteiger partial charge on any atom is 0.416 e. The highest BCUT2D eigenvalue weighted by atomic mass is 35.5. The van der Waals surface area contributed by atoms with E-state index < -0.39 is 29.5 Å². The Hall–Kier alpha value is -1.23. The van der Waals surface area contributed by atoms with Gasteiger partial charge in [0.1, 0.15) is 12.0 Å². The van der Waals surface area contributed by atoms with E-state index in [4.69, 9.17) is 11.6 Å². The second-order valence-corrected chi connectivity index (χ2v) is 3.63. The van der Waals surface area contributed by atoms with E-state index in [0.29, 0.717) is 6.29 Å². The van der Waals surface area contributed by atoms with Gasteiger partial charge in [-0.05, 0) is 13.0 Å². The lowest BCUT2D eigenvalue weighted by Crippen LogP contribution is -2.10. The lowest BCUT2D eigenvalue weighted by Gasteiger charge is -2.15. The van der Waals surface area contributed by atoms with E-state index in [2.05, 4.69) is 0 Å². The molecule has 0 fully saturated rings. The topological polar surface area (TPSA) is 37.3 Å². The van der Waals surface area contributed by atoms with E-state index in [1.807, 2.05) is 0 Å². The summed E-state index contributed by atoms with van der Waals surface area (Å²) in [6, 6.07) is 0.718. The molecule has 0 saturated carbocycles. The minimum absolute atomic E-state index is 0.131. The summed E-state index contributed by atoms with van der Waals surface area (Å²) in [5.74, 6) is -0.577. The fourth-order valence-corrected chi connectivity index (χ4v) is 1.53. The third-order valence-electron chi connectivity index (χ3n) is 2.19. The number of rotatable bonds is 2. The van der Waals surface area contributed by atoms with Crippen LogP contribution in [0.1, 0.15) is 16.7 Å². The molecule has 1 N–H and O–H groups in total. The Bertz CT molecular complexity index is 427. The third kappa shape index (κ3) is 2.29. The summed E-state index contributed by atoms with van der Waals surface area (Å²) in [4.78, 5) is 10.3. The second kappa shape index (κ2) is 4.33. The van der Waals surface area contributed by atoms with Crippen molar-refractivity contribution < 1.29 is 23.1 Å². The van der Waals surface area contributed by atoms with Gasteiger partial charge in [0, 0.05) is 22.6 Å². The minimum atomic E-state index is -4.65. The first-order chi connectivity index (χ1) is 7.29. The highest BCUT2D eigenvalue weighted by molar-refractivity contribution is 6.31. The van der Waals surface area contributed by atoms with Crippen LogP contribution in [-0.4, -0.2) is 11.4 Å². The summed E-state index contributed by atoms with van der Waals surface area (Å²) in [6.45, 7) is 1.38. The Kier molecular flexibility index (Phi) is 3.48. The monoisotopic (exact) mass is 252 g/mol. The number of aromatic hydroxyl groups is 1. The summed E-state index contributed by atoms with van der Waals surface area (Å²) in [7, 11) is 0. The molecule has 0 heterocycles. The van der Waals surface area contributed by atoms with Gasteiger partial charge < -0.3 is 9.90 Å². The van der Waals surface area contributed by atoms with Crippen LogP contribution in [0.2, 0.25) is 5.02 Å². The summed E-state index contributed by atoms with van der Waals surface area (Å²) < 4.78 is 37.7. The van der Waals surface area contributed by atoms with Gasteiger partial charge in [0.15, 0.2) is 0 Å². The average Bonchev–Trinajstić information content (AvgIpc) is 2.17. The number of hydrogen-bond acceptors (Lipinski definition) is 2. The Labute approximate surface area is 94.6 Å². The number of benzene rings is 1. The van der Waals surface area contributed by atoms with Gasteiger partial charge in [-0.2, -0.15) is 13.2 Å². The van der Waals surface area contributed by atoms with Crippen molar-refractivity contribution >= 4 is 17.9 Å². The molecule has 0 aliphatic carbocycles. The van der Waals surface area contributed by atoms with Crippen LogP contribution >= 0.6 is 11.6 Å². The van der Waals surface area contributed by atoms with Crippen molar-refractivity contribution in [2.45, 2.75) is 19.5 Å². The zero-order valence-corrected chi connectivity index (χ0v) is 8.99. The first-order valence-corrected chi connectivity index (χ1v) is 4.68. The van der Waals surface area contributed by atoms with E-state index in [-0.39, 0.29) is 10.6 Å². The smallest absolute Gasteiger partial charge is 0.416 e. The summed E-state index contributed by atoms with van der Waals surface area (Å²) >= 11 is 5.55. The summed E-state index contributed by atoms with van der Waals surface area (Å²) in [5, 5.41) is 9.33. The van der Waals surface area contributed by atoms with Gasteiger partial charge in [0.05, 0.1) is 5.56 Å². The predicted molar refractivity (Wildman–Crippen MR) is 52.6 cm³/mol. The number of halogens is 4. The molecule has 0 aliphatic heterocycles. The highest BCUT2D eigenvalue weighted by Crippen LogP contribution is 2.40. The van der Waals surface area contributed by atoms with Crippen LogP contribution < -0.4 is 0 Å². The van der Waals surface area contributed by atoms with Gasteiger partial charge in [-0.1, -0.05) is 11.6 Å². The van der Waals surface area contributed by atoms with Gasteiger partial charge in [-0.3, -0.25) is 0 Å². The van der Waals surface area contributed by atoms with Crippen molar-refractivity contribution in [1.82, 2.24) is 0 Å². The Morgan fingerprint density at radius 2 is 2.06 bits per heavy atom. The molecule has 0 amide bonds. The fourth-order valence-electron chi connectivity index (χ4n) is 1.33. The maximum atomic E-state index is 12.6. The van der Waals surface area contributed by atoms with Gasteiger partial charge in [-0.15, -0.1) is 0 Å². The van der Waals surface area contributed by atoms with Crippen molar-refractivity contribution in [2.24, 2.45) is 0 Å². The van der Waals surface area contributed by atoms with Gasteiger partial charge in [0.2, 0.25) is 0 Å². The molecule has 0 spiro atoms. The molecule has 1 aromatic carbocycles. The number of alkyl halides is 3. The van der Waals surface area contributed by atoms with Crippen molar-refractivity contribution in [2.75, 3.05) is 0 Å². The Balaban J connectivity index is 3.53. The number of carbonyl (C=O) groups excluding carboxylic acids is 1. The molecule has 0 aromatic heterocycles. The van der Waals surface area contributed by atoms with E-state index in [1.54, 1.807) is 0 Å². The maximum absolute atomic E-state index is 12.6. The van der Waals surface area contributed by atoms with Crippen LogP contribution in [0.5, 0.6) is 5.75 Å². The molecule has 0 atom stereocenters. The molecule has 0 bridgehead atoms. The van der Waals surface area contributed by atoms with Crippen LogP contribution in [0.25, 0.3) is 0 Å². The van der Waals surface area contributed by atoms with Crippen LogP contribution in [-0.2, 0) is 17.4 Å². The van der Waals surface area contributed by atoms with Crippen molar-refractivity contribution in [1.29, 1.82) is 0 Å². The van der Waals surface area contributed by atoms with E-state index in [0.717, 1.165) is 6.07 Å². The summed E-state index contributed by atoms with van der Waals surface area (Å²) in [5.41, 5.74) is -1.39. The normalized spacial score (nSPS) is 11.6. The first kappa shape index (κ1) is 12.8. The van der Waals surface area contributed by atoms with Crippen LogP contribution in [0, 0.1) is 6.92 Å². The average molecular weight is 253 g/mol. The standard InChI is InChI=1S/C10H8ClF3O2/c1-5-8(11)4-7(10(12,13)14)6(2-3-15)9(5)16/h3-4,16H,2H2,1H3. The highest BCUT2D eigenvalue weighted by Gasteiger charge is 2.35. The first-order valence-electron chi connectivity index (χ1n) is 4.30. The number of carbonyl (C=O) groups is 1. The minimum Gasteiger partial charge on any atom is -0.507 e. The zero-order valence-electron chi connectivity index (χ0n) is 8.23. The molecule has 0 saturated heterocycles. The SMILES string of the molecule is Cc1c(Cl)cc(C(F)(F)F)c(CC=O)c1O. The summed E-state index contributed by atoms with van der Waals surface area (Å²) in [6.07, 6.45) is -4.84. The number of aldehydes is 1. The van der Waals surface area contributed by atoms with Crippen LogP contribution in [0.15, 0.2) is 6.07 Å². The predicted octanol–water partition coefficient (Wildman–Crippen LogP) is 3.11. The number of phenolic OH excluding ortho intramolecular Hbond substituents is 1. The Morgan fingerprint density at radius 3 is 2.50 bits per heavy atom. The van der Waals surface area contributed by atoms with Gasteiger partial charge in [0.25, 0.3) is 0 Å². The molecule has 0 radical (unpaired) electrons. The molecule has 16 heavy (non-hydrogen) atoms. The lowest BCUT2D eigenvalue weighted by molar-refractivity contribution is -0.138. The fraction of sp³-hybridized carbons (Fsp3) is 0.300. The largest absolute Gasteiger partial charge is 0.507 e. The number of hydrogen-bond donors (Lipinski definition) is 1. The lowest BCUT2D eigenvalue weighted by atomic mass is 10.00. The van der Waals surface area contributed by atoms with E-state index in [9.17, 15) is 23.1 Å². The van der Waals surface area contributed by atoms with E-state index in [1.165, 1.54) is 6.92 Å². The second-order valence-electron chi connectivity index (χ2n) is 3.23. The molecular weight excluding hydrogens is 245 g/mol. The van der Waals surface area contributed by atoms with Gasteiger partial charge in [-0.25, -0.2) is 0 Å². The number of phenols is 1. The molecular formula is C10H8ClF3O2.